The second kappa shape index (κ2) is 13.3. The average molecular weight is 511 g/mol. The van der Waals surface area contributed by atoms with Gasteiger partial charge < -0.3 is 24.7 Å². The minimum Gasteiger partial charge on any atom is -0.395 e. The number of Topliss-reactive ketones (excluding diaryl/α,β-unsaturated/α-hetero) is 1. The average Bonchev–Trinajstić information content (AvgIpc) is 3.20. The molecule has 3 aromatic rings. The van der Waals surface area contributed by atoms with E-state index in [0.717, 1.165) is 5.69 Å². The molecule has 0 aliphatic heterocycles. The van der Waals surface area contributed by atoms with E-state index in [0.29, 0.717) is 73.2 Å². The zero-order valence-corrected chi connectivity index (χ0v) is 22.0. The monoisotopic (exact) mass is 510 g/mol. The van der Waals surface area contributed by atoms with Crippen molar-refractivity contribution in [1.29, 1.82) is 0 Å². The van der Waals surface area contributed by atoms with Crippen LogP contribution in [0.15, 0.2) is 41.2 Å². The van der Waals surface area contributed by atoms with Crippen molar-refractivity contribution in [1.82, 2.24) is 19.4 Å². The van der Waals surface area contributed by atoms with Gasteiger partial charge in [-0.25, -0.2) is 0 Å². The van der Waals surface area contributed by atoms with Gasteiger partial charge in [-0.3, -0.25) is 19.3 Å². The molecule has 0 fully saturated rings. The van der Waals surface area contributed by atoms with E-state index in [1.54, 1.807) is 35.9 Å². The lowest BCUT2D eigenvalue weighted by atomic mass is 10.1. The van der Waals surface area contributed by atoms with Gasteiger partial charge in [0.05, 0.1) is 30.7 Å². The Morgan fingerprint density at radius 3 is 2.27 bits per heavy atom. The Labute approximate surface area is 217 Å². The second-order valence-corrected chi connectivity index (χ2v) is 9.07. The maximum Gasteiger partial charge on any atom is 0.268 e. The van der Waals surface area contributed by atoms with Gasteiger partial charge >= 0.3 is 0 Å². The molecule has 0 unspecified atom stereocenters. The Morgan fingerprint density at radius 2 is 1.68 bits per heavy atom. The normalized spacial score (nSPS) is 11.4. The molecule has 0 spiro atoms. The third-order valence-electron chi connectivity index (χ3n) is 6.75. The lowest BCUT2D eigenvalue weighted by molar-refractivity contribution is 0.0939. The Kier molecular flexibility index (Phi) is 10.2. The van der Waals surface area contributed by atoms with Crippen LogP contribution in [0.1, 0.15) is 52.4 Å². The lowest BCUT2D eigenvalue weighted by Gasteiger charge is -2.20. The molecule has 2 aromatic heterocycles. The number of fused-ring (bicyclic) bond motifs is 1. The van der Waals surface area contributed by atoms with E-state index in [1.807, 2.05) is 30.9 Å². The van der Waals surface area contributed by atoms with Crippen LogP contribution in [0, 0.1) is 0 Å². The standard InChI is InChI=1S/C28H38N4O5/c1-4-21-18-23-25(28(37)32(21)19-24(35)20-10-7-6-8-11-20)22(5-2)26(30(23)3)27(36)29-12-9-13-31(14-16-33)15-17-34/h6-8,10-11,18,33-34H,4-5,9,12-17,19H2,1-3H3,(H,29,36). The number of amides is 1. The summed E-state index contributed by atoms with van der Waals surface area (Å²) in [6.45, 7) is 5.82. The van der Waals surface area contributed by atoms with Crippen molar-refractivity contribution in [2.45, 2.75) is 39.7 Å². The summed E-state index contributed by atoms with van der Waals surface area (Å²) in [5, 5.41) is 21.7. The van der Waals surface area contributed by atoms with Gasteiger partial charge in [0.25, 0.3) is 11.5 Å². The van der Waals surface area contributed by atoms with Crippen LogP contribution in [0.2, 0.25) is 0 Å². The summed E-state index contributed by atoms with van der Waals surface area (Å²) in [6, 6.07) is 10.8. The number of aliphatic hydroxyl groups excluding tert-OH is 2. The fourth-order valence-corrected chi connectivity index (χ4v) is 4.84. The highest BCUT2D eigenvalue weighted by Gasteiger charge is 2.24. The number of aromatic nitrogens is 2. The van der Waals surface area contributed by atoms with Gasteiger partial charge in [-0.1, -0.05) is 44.2 Å². The highest BCUT2D eigenvalue weighted by Crippen LogP contribution is 2.25. The van der Waals surface area contributed by atoms with Crippen molar-refractivity contribution in [3.8, 4) is 0 Å². The highest BCUT2D eigenvalue weighted by molar-refractivity contribution is 6.02. The molecule has 1 amide bonds. The Balaban J connectivity index is 1.90. The third-order valence-corrected chi connectivity index (χ3v) is 6.75. The molecule has 9 heteroatoms. The quantitative estimate of drug-likeness (QED) is 0.225. The molecule has 37 heavy (non-hydrogen) atoms. The van der Waals surface area contributed by atoms with Gasteiger partial charge in [-0.2, -0.15) is 0 Å². The summed E-state index contributed by atoms with van der Waals surface area (Å²) in [6.07, 6.45) is 1.72. The van der Waals surface area contributed by atoms with Crippen LogP contribution in [0.25, 0.3) is 10.9 Å². The molecule has 9 nitrogen and oxygen atoms in total. The number of benzene rings is 1. The zero-order chi connectivity index (χ0) is 26.9. The first-order valence-corrected chi connectivity index (χ1v) is 12.9. The largest absolute Gasteiger partial charge is 0.395 e. The minimum atomic E-state index is -0.256. The molecular weight excluding hydrogens is 472 g/mol. The number of hydrogen-bond donors (Lipinski definition) is 3. The zero-order valence-electron chi connectivity index (χ0n) is 22.0. The molecule has 2 heterocycles. The maximum atomic E-state index is 13.7. The molecule has 0 aliphatic rings. The van der Waals surface area contributed by atoms with Crippen molar-refractivity contribution in [3.05, 3.63) is 69.3 Å². The summed E-state index contributed by atoms with van der Waals surface area (Å²) in [5.74, 6) is -0.393. The molecule has 0 bridgehead atoms. The molecule has 3 N–H and O–H groups in total. The van der Waals surface area contributed by atoms with Crippen molar-refractivity contribution in [2.75, 3.05) is 39.4 Å². The van der Waals surface area contributed by atoms with Crippen molar-refractivity contribution in [2.24, 2.45) is 7.05 Å². The van der Waals surface area contributed by atoms with Gasteiger partial charge in [0, 0.05) is 37.9 Å². The number of ketones is 1. The first kappa shape index (κ1) is 28.3. The van der Waals surface area contributed by atoms with Crippen LogP contribution in [-0.4, -0.2) is 75.3 Å². The fourth-order valence-electron chi connectivity index (χ4n) is 4.84. The first-order chi connectivity index (χ1) is 17.9. The number of nitrogens with one attached hydrogen (secondary N) is 1. The molecule has 1 aromatic carbocycles. The highest BCUT2D eigenvalue weighted by atomic mass is 16.3. The second-order valence-electron chi connectivity index (χ2n) is 9.07. The van der Waals surface area contributed by atoms with E-state index >= 15 is 0 Å². The number of aryl methyl sites for hydroxylation is 3. The molecule has 3 rings (SSSR count). The number of hydrogen-bond acceptors (Lipinski definition) is 6. The molecule has 0 aliphatic carbocycles. The predicted octanol–water partition coefficient (Wildman–Crippen LogP) is 1.75. The maximum absolute atomic E-state index is 13.7. The third kappa shape index (κ3) is 6.36. The molecule has 0 saturated heterocycles. The van der Waals surface area contributed by atoms with Crippen LogP contribution >= 0.6 is 0 Å². The van der Waals surface area contributed by atoms with Gasteiger partial charge in [-0.05, 0) is 37.4 Å². The van der Waals surface area contributed by atoms with Crippen LogP contribution in [-0.2, 0) is 26.4 Å². The summed E-state index contributed by atoms with van der Waals surface area (Å²) in [5.41, 5.74) is 2.84. The Bertz CT molecular complexity index is 1270. The molecule has 200 valence electrons. The molecule has 0 atom stereocenters. The van der Waals surface area contributed by atoms with Crippen molar-refractivity contribution in [3.63, 3.8) is 0 Å². The van der Waals surface area contributed by atoms with Gasteiger partial charge in [0.2, 0.25) is 0 Å². The van der Waals surface area contributed by atoms with Crippen molar-refractivity contribution < 1.29 is 19.8 Å². The number of carbonyl (C=O) groups is 2. The smallest absolute Gasteiger partial charge is 0.268 e. The topological polar surface area (TPSA) is 117 Å². The minimum absolute atomic E-state index is 0.0103. The SMILES string of the molecule is CCc1c(C(=O)NCCCN(CCO)CCO)n(C)c2cc(CC)n(CC(=O)c3ccccc3)c(=O)c12. The first-order valence-electron chi connectivity index (χ1n) is 12.9. The summed E-state index contributed by atoms with van der Waals surface area (Å²) in [4.78, 5) is 41.8. The Morgan fingerprint density at radius 1 is 1.00 bits per heavy atom. The number of aliphatic hydroxyl groups is 2. The molecule has 0 saturated carbocycles. The van der Waals surface area contributed by atoms with E-state index in [-0.39, 0.29) is 37.0 Å². The lowest BCUT2D eigenvalue weighted by Crippen LogP contribution is -2.34. The summed E-state index contributed by atoms with van der Waals surface area (Å²) < 4.78 is 3.31. The molecule has 0 radical (unpaired) electrons. The predicted molar refractivity (Wildman–Crippen MR) is 144 cm³/mol. The van der Waals surface area contributed by atoms with Crippen LogP contribution < -0.4 is 10.9 Å². The molecular formula is C28H38N4O5. The van der Waals surface area contributed by atoms with Crippen LogP contribution in [0.5, 0.6) is 0 Å². The van der Waals surface area contributed by atoms with Crippen LogP contribution in [0.4, 0.5) is 0 Å². The van der Waals surface area contributed by atoms with Gasteiger partial charge in [-0.15, -0.1) is 0 Å². The van der Waals surface area contributed by atoms with E-state index in [2.05, 4.69) is 5.32 Å². The number of rotatable bonds is 14. The summed E-state index contributed by atoms with van der Waals surface area (Å²) >= 11 is 0. The van der Waals surface area contributed by atoms with E-state index < -0.39 is 0 Å². The van der Waals surface area contributed by atoms with E-state index in [1.165, 1.54) is 4.57 Å². The van der Waals surface area contributed by atoms with E-state index in [9.17, 15) is 14.4 Å². The summed E-state index contributed by atoms with van der Waals surface area (Å²) in [7, 11) is 1.79. The van der Waals surface area contributed by atoms with Crippen LogP contribution in [0.3, 0.4) is 0 Å². The number of pyridine rings is 1. The number of carbonyl (C=O) groups excluding carboxylic acids is 2. The van der Waals surface area contributed by atoms with Gasteiger partial charge in [0.15, 0.2) is 5.78 Å². The Hall–Kier alpha value is -3.27. The van der Waals surface area contributed by atoms with E-state index in [4.69, 9.17) is 10.2 Å². The van der Waals surface area contributed by atoms with Gasteiger partial charge in [0.1, 0.15) is 5.69 Å². The number of nitrogens with zero attached hydrogens (tertiary/aromatic N) is 3. The van der Waals surface area contributed by atoms with Crippen molar-refractivity contribution >= 4 is 22.6 Å². The fraction of sp³-hybridized carbons (Fsp3) is 0.464.